The van der Waals surface area contributed by atoms with Crippen LogP contribution >= 0.6 is 0 Å². The highest BCUT2D eigenvalue weighted by Crippen LogP contribution is 2.25. The van der Waals surface area contributed by atoms with Crippen LogP contribution in [0.4, 0.5) is 0 Å². The lowest BCUT2D eigenvalue weighted by Gasteiger charge is -2.25. The summed E-state index contributed by atoms with van der Waals surface area (Å²) in [6.45, 7) is 6.22. The normalized spacial score (nSPS) is 15.4. The largest absolute Gasteiger partial charge is 0.242 e. The lowest BCUT2D eigenvalue weighted by Crippen LogP contribution is -2.31. The molecule has 1 aromatic carbocycles. The van der Waals surface area contributed by atoms with Crippen molar-refractivity contribution >= 4 is 11.0 Å². The first kappa shape index (κ1) is 13.4. The Labute approximate surface area is 101 Å². The highest BCUT2D eigenvalue weighted by Gasteiger charge is 2.22. The zero-order chi connectivity index (χ0) is 12.1. The summed E-state index contributed by atoms with van der Waals surface area (Å²) in [5, 5.41) is 0.105. The molecule has 0 spiro atoms. The molecule has 3 heteroatoms. The molecule has 0 heterocycles. The van der Waals surface area contributed by atoms with Crippen LogP contribution in [0, 0.1) is 0 Å². The maximum Gasteiger partial charge on any atom is 0.102 e. The monoisotopic (exact) mass is 239 g/mol. The zero-order valence-corrected chi connectivity index (χ0v) is 11.3. The summed E-state index contributed by atoms with van der Waals surface area (Å²) in [4.78, 5) is 0. The first-order valence-electron chi connectivity index (χ1n) is 5.76. The minimum atomic E-state index is -0.950. The van der Waals surface area contributed by atoms with E-state index in [-0.39, 0.29) is 5.25 Å². The molecule has 0 aliphatic heterocycles. The SMILES string of the molecule is CCC(c1ccccc1)S(=O)N(C)C(C)C. The maximum absolute atomic E-state index is 12.4. The minimum absolute atomic E-state index is 0.105. The van der Waals surface area contributed by atoms with Gasteiger partial charge in [0.25, 0.3) is 0 Å². The summed E-state index contributed by atoms with van der Waals surface area (Å²) in [5.74, 6) is 0. The molecular formula is C13H21NOS. The van der Waals surface area contributed by atoms with Gasteiger partial charge in [-0.05, 0) is 25.8 Å². The number of benzene rings is 1. The molecule has 16 heavy (non-hydrogen) atoms. The van der Waals surface area contributed by atoms with Gasteiger partial charge in [0.2, 0.25) is 0 Å². The van der Waals surface area contributed by atoms with Gasteiger partial charge in [-0.3, -0.25) is 0 Å². The molecule has 0 N–H and O–H groups in total. The van der Waals surface area contributed by atoms with E-state index in [9.17, 15) is 4.21 Å². The average molecular weight is 239 g/mol. The fourth-order valence-electron chi connectivity index (χ4n) is 1.57. The van der Waals surface area contributed by atoms with Crippen LogP contribution in [0.2, 0.25) is 0 Å². The molecule has 0 aliphatic rings. The van der Waals surface area contributed by atoms with E-state index >= 15 is 0 Å². The fraction of sp³-hybridized carbons (Fsp3) is 0.538. The molecule has 2 atom stereocenters. The van der Waals surface area contributed by atoms with Crippen LogP contribution in [-0.4, -0.2) is 21.6 Å². The second-order valence-corrected chi connectivity index (χ2v) is 5.92. The maximum atomic E-state index is 12.4. The Bertz CT molecular complexity index is 337. The Hall–Kier alpha value is -0.670. The van der Waals surface area contributed by atoms with E-state index in [2.05, 4.69) is 32.9 Å². The molecule has 0 saturated heterocycles. The first-order valence-corrected chi connectivity index (χ1v) is 6.93. The highest BCUT2D eigenvalue weighted by atomic mass is 32.2. The number of nitrogens with zero attached hydrogens (tertiary/aromatic N) is 1. The number of rotatable bonds is 5. The van der Waals surface area contributed by atoms with E-state index in [0.29, 0.717) is 6.04 Å². The standard InChI is InChI=1S/C13H21NOS/c1-5-13(12-9-7-6-8-10-12)16(15)14(4)11(2)3/h6-11,13H,5H2,1-4H3. The van der Waals surface area contributed by atoms with Crippen molar-refractivity contribution in [2.24, 2.45) is 0 Å². The third-order valence-corrected chi connectivity index (χ3v) is 4.88. The van der Waals surface area contributed by atoms with Crippen LogP contribution in [-0.2, 0) is 11.0 Å². The summed E-state index contributed by atoms with van der Waals surface area (Å²) in [7, 11) is 0.973. The van der Waals surface area contributed by atoms with Crippen LogP contribution in [0.25, 0.3) is 0 Å². The van der Waals surface area contributed by atoms with Gasteiger partial charge in [0.15, 0.2) is 0 Å². The molecule has 0 bridgehead atoms. The van der Waals surface area contributed by atoms with Gasteiger partial charge < -0.3 is 0 Å². The molecule has 1 rings (SSSR count). The Kier molecular flexibility index (Phi) is 5.16. The van der Waals surface area contributed by atoms with Gasteiger partial charge in [-0.2, -0.15) is 0 Å². The van der Waals surface area contributed by atoms with Gasteiger partial charge in [0, 0.05) is 13.1 Å². The molecule has 0 aromatic heterocycles. The van der Waals surface area contributed by atoms with E-state index in [1.165, 1.54) is 0 Å². The number of hydrogen-bond donors (Lipinski definition) is 0. The van der Waals surface area contributed by atoms with Crippen LogP contribution in [0.1, 0.15) is 38.0 Å². The van der Waals surface area contributed by atoms with E-state index < -0.39 is 11.0 Å². The average Bonchev–Trinajstić information content (AvgIpc) is 2.30. The first-order chi connectivity index (χ1) is 7.57. The molecule has 2 unspecified atom stereocenters. The molecule has 0 fully saturated rings. The van der Waals surface area contributed by atoms with Crippen molar-refractivity contribution in [3.63, 3.8) is 0 Å². The predicted molar refractivity (Wildman–Crippen MR) is 70.5 cm³/mol. The van der Waals surface area contributed by atoms with Crippen molar-refractivity contribution in [3.8, 4) is 0 Å². The second kappa shape index (κ2) is 6.16. The number of hydrogen-bond acceptors (Lipinski definition) is 1. The van der Waals surface area contributed by atoms with Gasteiger partial charge in [-0.15, -0.1) is 0 Å². The summed E-state index contributed by atoms with van der Waals surface area (Å²) < 4.78 is 14.3. The Morgan fingerprint density at radius 3 is 2.25 bits per heavy atom. The Balaban J connectivity index is 2.87. The van der Waals surface area contributed by atoms with Gasteiger partial charge in [-0.1, -0.05) is 37.3 Å². The third kappa shape index (κ3) is 3.16. The third-order valence-electron chi connectivity index (χ3n) is 2.80. The van der Waals surface area contributed by atoms with Gasteiger partial charge in [0.1, 0.15) is 11.0 Å². The Morgan fingerprint density at radius 1 is 1.25 bits per heavy atom. The second-order valence-electron chi connectivity index (χ2n) is 4.22. The van der Waals surface area contributed by atoms with Crippen molar-refractivity contribution in [3.05, 3.63) is 35.9 Å². The quantitative estimate of drug-likeness (QED) is 0.773. The lowest BCUT2D eigenvalue weighted by molar-refractivity contribution is 0.437. The van der Waals surface area contributed by atoms with Crippen LogP contribution < -0.4 is 0 Å². The smallest absolute Gasteiger partial charge is 0.102 e. The van der Waals surface area contributed by atoms with Gasteiger partial charge in [-0.25, -0.2) is 8.51 Å². The van der Waals surface area contributed by atoms with Crippen molar-refractivity contribution in [2.75, 3.05) is 7.05 Å². The summed E-state index contributed by atoms with van der Waals surface area (Å²) in [6, 6.07) is 10.4. The Morgan fingerprint density at radius 2 is 1.81 bits per heavy atom. The molecule has 2 nitrogen and oxygen atoms in total. The lowest BCUT2D eigenvalue weighted by atomic mass is 10.1. The van der Waals surface area contributed by atoms with E-state index in [0.717, 1.165) is 12.0 Å². The van der Waals surface area contributed by atoms with Crippen molar-refractivity contribution in [2.45, 2.75) is 38.5 Å². The molecule has 1 aromatic rings. The molecule has 90 valence electrons. The fourth-order valence-corrected chi connectivity index (χ4v) is 3.06. The van der Waals surface area contributed by atoms with Gasteiger partial charge >= 0.3 is 0 Å². The molecule has 0 aliphatic carbocycles. The topological polar surface area (TPSA) is 20.3 Å². The summed E-state index contributed by atoms with van der Waals surface area (Å²) in [6.07, 6.45) is 0.897. The molecule has 0 radical (unpaired) electrons. The van der Waals surface area contributed by atoms with E-state index in [4.69, 9.17) is 0 Å². The van der Waals surface area contributed by atoms with E-state index in [1.54, 1.807) is 0 Å². The van der Waals surface area contributed by atoms with Crippen LogP contribution in [0.5, 0.6) is 0 Å². The predicted octanol–water partition coefficient (Wildman–Crippen LogP) is 3.14. The zero-order valence-electron chi connectivity index (χ0n) is 10.5. The van der Waals surface area contributed by atoms with Crippen LogP contribution in [0.15, 0.2) is 30.3 Å². The summed E-state index contributed by atoms with van der Waals surface area (Å²) in [5.41, 5.74) is 1.16. The van der Waals surface area contributed by atoms with Crippen LogP contribution in [0.3, 0.4) is 0 Å². The summed E-state index contributed by atoms with van der Waals surface area (Å²) >= 11 is 0. The van der Waals surface area contributed by atoms with Crippen molar-refractivity contribution < 1.29 is 4.21 Å². The molecule has 0 saturated carbocycles. The minimum Gasteiger partial charge on any atom is -0.242 e. The molecular weight excluding hydrogens is 218 g/mol. The molecule has 0 amide bonds. The highest BCUT2D eigenvalue weighted by molar-refractivity contribution is 7.82. The van der Waals surface area contributed by atoms with E-state index in [1.807, 2.05) is 29.6 Å². The van der Waals surface area contributed by atoms with Crippen molar-refractivity contribution in [1.82, 2.24) is 4.31 Å². The van der Waals surface area contributed by atoms with Gasteiger partial charge in [0.05, 0.1) is 5.25 Å². The van der Waals surface area contributed by atoms with Crippen molar-refractivity contribution in [1.29, 1.82) is 0 Å².